The fraction of sp³-hybridized carbons (Fsp3) is 0.409. The monoisotopic (exact) mass is 410 g/mol. The van der Waals surface area contributed by atoms with Crippen LogP contribution in [0, 0.1) is 6.92 Å². The van der Waals surface area contributed by atoms with Crippen LogP contribution >= 0.6 is 0 Å². The highest BCUT2D eigenvalue weighted by Crippen LogP contribution is 2.32. The molecule has 158 valence electrons. The van der Waals surface area contributed by atoms with Gasteiger partial charge in [0.1, 0.15) is 11.4 Å². The Labute approximate surface area is 175 Å². The van der Waals surface area contributed by atoms with E-state index in [-0.39, 0.29) is 11.9 Å². The smallest absolute Gasteiger partial charge is 0.259 e. The zero-order chi connectivity index (χ0) is 21.1. The molecule has 0 saturated carbocycles. The van der Waals surface area contributed by atoms with Crippen LogP contribution in [0.4, 0.5) is 0 Å². The van der Waals surface area contributed by atoms with Gasteiger partial charge < -0.3 is 19.3 Å². The first-order valence-electron chi connectivity index (χ1n) is 10.1. The summed E-state index contributed by atoms with van der Waals surface area (Å²) >= 11 is 0. The molecule has 1 atom stereocenters. The summed E-state index contributed by atoms with van der Waals surface area (Å²) in [5.74, 6) is 0.535. The van der Waals surface area contributed by atoms with Crippen molar-refractivity contribution in [2.24, 2.45) is 0 Å². The topological polar surface area (TPSA) is 89.7 Å². The molecule has 2 aromatic heterocycles. The van der Waals surface area contributed by atoms with Crippen LogP contribution in [0.15, 0.2) is 34.9 Å². The number of rotatable bonds is 6. The molecule has 1 amide bonds. The molecule has 1 aromatic carbocycles. The maximum absolute atomic E-state index is 13.2. The Balaban J connectivity index is 1.64. The van der Waals surface area contributed by atoms with Gasteiger partial charge in [0, 0.05) is 36.9 Å². The number of fused-ring (bicyclic) bond motifs is 1. The first kappa shape index (κ1) is 20.3. The number of pyridine rings is 1. The Morgan fingerprint density at radius 3 is 2.87 bits per heavy atom. The number of morpholine rings is 1. The summed E-state index contributed by atoms with van der Waals surface area (Å²) < 4.78 is 16.2. The summed E-state index contributed by atoms with van der Waals surface area (Å²) in [5, 5.41) is 7.92. The van der Waals surface area contributed by atoms with Gasteiger partial charge in [0.2, 0.25) is 0 Å². The Bertz CT molecular complexity index is 1040. The third-order valence-electron chi connectivity index (χ3n) is 5.18. The molecule has 1 unspecified atom stereocenters. The van der Waals surface area contributed by atoms with Crippen molar-refractivity contribution in [3.8, 4) is 17.0 Å². The van der Waals surface area contributed by atoms with Crippen LogP contribution in [0.5, 0.6) is 5.75 Å². The standard InChI is InChI=1S/C22H26N4O4/c1-14-11-18(21(27)23-15(2)13-26-7-9-29-10-8-26)19-20(25-30-22(19)24-14)16-5-4-6-17(12-16)28-3/h4-6,11-12,15H,7-10,13H2,1-3H3,(H,23,27). The number of ether oxygens (including phenoxy) is 2. The second kappa shape index (κ2) is 8.81. The molecule has 30 heavy (non-hydrogen) atoms. The molecule has 3 heterocycles. The second-order valence-corrected chi connectivity index (χ2v) is 7.54. The largest absolute Gasteiger partial charge is 0.497 e. The molecule has 1 fully saturated rings. The number of hydrogen-bond acceptors (Lipinski definition) is 7. The van der Waals surface area contributed by atoms with Crippen LogP contribution in [0.2, 0.25) is 0 Å². The first-order valence-corrected chi connectivity index (χ1v) is 10.1. The molecule has 1 N–H and O–H groups in total. The molecular formula is C22H26N4O4. The lowest BCUT2D eigenvalue weighted by atomic mass is 10.0. The van der Waals surface area contributed by atoms with E-state index in [0.29, 0.717) is 33.8 Å². The fourth-order valence-electron chi connectivity index (χ4n) is 3.74. The summed E-state index contributed by atoms with van der Waals surface area (Å²) in [6.45, 7) is 7.84. The summed E-state index contributed by atoms with van der Waals surface area (Å²) in [6, 6.07) is 9.26. The van der Waals surface area contributed by atoms with Crippen LogP contribution in [-0.2, 0) is 4.74 Å². The average molecular weight is 410 g/mol. The molecule has 1 saturated heterocycles. The molecule has 0 bridgehead atoms. The van der Waals surface area contributed by atoms with Crippen LogP contribution in [0.25, 0.3) is 22.4 Å². The maximum Gasteiger partial charge on any atom is 0.259 e. The summed E-state index contributed by atoms with van der Waals surface area (Å²) in [7, 11) is 1.61. The zero-order valence-electron chi connectivity index (χ0n) is 17.5. The van der Waals surface area contributed by atoms with E-state index in [1.54, 1.807) is 13.2 Å². The molecule has 0 radical (unpaired) electrons. The number of amides is 1. The second-order valence-electron chi connectivity index (χ2n) is 7.54. The number of carbonyl (C=O) groups is 1. The van der Waals surface area contributed by atoms with Crippen molar-refractivity contribution in [2.45, 2.75) is 19.9 Å². The predicted molar refractivity (Wildman–Crippen MR) is 113 cm³/mol. The molecule has 1 aliphatic rings. The lowest BCUT2D eigenvalue weighted by Gasteiger charge is -2.29. The highest BCUT2D eigenvalue weighted by atomic mass is 16.5. The van der Waals surface area contributed by atoms with Gasteiger partial charge in [0.05, 0.1) is 31.3 Å². The van der Waals surface area contributed by atoms with Crippen molar-refractivity contribution in [3.63, 3.8) is 0 Å². The van der Waals surface area contributed by atoms with E-state index in [2.05, 4.69) is 20.4 Å². The van der Waals surface area contributed by atoms with Gasteiger partial charge in [-0.05, 0) is 32.0 Å². The lowest BCUT2D eigenvalue weighted by molar-refractivity contribution is 0.0342. The summed E-state index contributed by atoms with van der Waals surface area (Å²) in [4.78, 5) is 19.9. The predicted octanol–water partition coefficient (Wildman–Crippen LogP) is 2.66. The SMILES string of the molecule is COc1cccc(-c2noc3nc(C)cc(C(=O)NC(C)CN4CCOCC4)c23)c1. The van der Waals surface area contributed by atoms with Crippen molar-refractivity contribution in [3.05, 3.63) is 41.6 Å². The highest BCUT2D eigenvalue weighted by molar-refractivity contribution is 6.09. The van der Waals surface area contributed by atoms with Gasteiger partial charge in [0.25, 0.3) is 11.6 Å². The number of benzene rings is 1. The van der Waals surface area contributed by atoms with Gasteiger partial charge in [-0.2, -0.15) is 0 Å². The van der Waals surface area contributed by atoms with Crippen LogP contribution in [0.1, 0.15) is 23.0 Å². The minimum Gasteiger partial charge on any atom is -0.497 e. The molecule has 3 aromatic rings. The number of nitrogens with zero attached hydrogens (tertiary/aromatic N) is 3. The molecule has 8 heteroatoms. The van der Waals surface area contributed by atoms with Gasteiger partial charge in [-0.1, -0.05) is 17.3 Å². The molecule has 0 spiro atoms. The third-order valence-corrected chi connectivity index (χ3v) is 5.18. The average Bonchev–Trinajstić information content (AvgIpc) is 3.17. The highest BCUT2D eigenvalue weighted by Gasteiger charge is 2.23. The number of aryl methyl sites for hydroxylation is 1. The third kappa shape index (κ3) is 4.29. The quantitative estimate of drug-likeness (QED) is 0.668. The number of nitrogens with one attached hydrogen (secondary N) is 1. The van der Waals surface area contributed by atoms with E-state index < -0.39 is 0 Å². The molecule has 8 nitrogen and oxygen atoms in total. The van der Waals surface area contributed by atoms with Gasteiger partial charge in [-0.15, -0.1) is 0 Å². The Morgan fingerprint density at radius 1 is 1.30 bits per heavy atom. The van der Waals surface area contributed by atoms with E-state index in [4.69, 9.17) is 14.0 Å². The number of methoxy groups -OCH3 is 1. The molecule has 0 aliphatic carbocycles. The Hall–Kier alpha value is -2.97. The van der Waals surface area contributed by atoms with Gasteiger partial charge in [-0.25, -0.2) is 4.98 Å². The lowest BCUT2D eigenvalue weighted by Crippen LogP contribution is -2.46. The van der Waals surface area contributed by atoms with Crippen LogP contribution in [-0.4, -0.2) is 66.9 Å². The Kier molecular flexibility index (Phi) is 5.96. The first-order chi connectivity index (χ1) is 14.5. The van der Waals surface area contributed by atoms with Crippen molar-refractivity contribution in [2.75, 3.05) is 40.0 Å². The van der Waals surface area contributed by atoms with E-state index in [1.807, 2.05) is 38.1 Å². The van der Waals surface area contributed by atoms with Crippen molar-refractivity contribution in [1.29, 1.82) is 0 Å². The van der Waals surface area contributed by atoms with Crippen LogP contribution < -0.4 is 10.1 Å². The number of carbonyl (C=O) groups excluding carboxylic acids is 1. The van der Waals surface area contributed by atoms with Crippen molar-refractivity contribution in [1.82, 2.24) is 20.4 Å². The van der Waals surface area contributed by atoms with Gasteiger partial charge in [-0.3, -0.25) is 9.69 Å². The zero-order valence-corrected chi connectivity index (χ0v) is 17.5. The molecule has 4 rings (SSSR count). The number of hydrogen-bond donors (Lipinski definition) is 1. The van der Waals surface area contributed by atoms with E-state index in [9.17, 15) is 4.79 Å². The fourth-order valence-corrected chi connectivity index (χ4v) is 3.74. The maximum atomic E-state index is 13.2. The summed E-state index contributed by atoms with van der Waals surface area (Å²) in [6.07, 6.45) is 0. The van der Waals surface area contributed by atoms with Crippen molar-refractivity contribution >= 4 is 17.0 Å². The van der Waals surface area contributed by atoms with E-state index in [1.165, 1.54) is 0 Å². The van der Waals surface area contributed by atoms with E-state index in [0.717, 1.165) is 38.4 Å². The van der Waals surface area contributed by atoms with E-state index >= 15 is 0 Å². The van der Waals surface area contributed by atoms with Gasteiger partial charge in [0.15, 0.2) is 0 Å². The Morgan fingerprint density at radius 2 is 2.10 bits per heavy atom. The molecular weight excluding hydrogens is 384 g/mol. The molecule has 1 aliphatic heterocycles. The normalized spacial score (nSPS) is 15.8. The minimum absolute atomic E-state index is 0.0146. The minimum atomic E-state index is -0.168. The number of aromatic nitrogens is 2. The van der Waals surface area contributed by atoms with Crippen LogP contribution in [0.3, 0.4) is 0 Å². The van der Waals surface area contributed by atoms with Gasteiger partial charge >= 0.3 is 0 Å². The summed E-state index contributed by atoms with van der Waals surface area (Å²) in [5.41, 5.74) is 2.92. The van der Waals surface area contributed by atoms with Crippen molar-refractivity contribution < 1.29 is 18.8 Å².